The lowest BCUT2D eigenvalue weighted by Gasteiger charge is -2.18. The summed E-state index contributed by atoms with van der Waals surface area (Å²) < 4.78 is 26.5. The lowest BCUT2D eigenvalue weighted by molar-refractivity contribution is -0.121. The molecule has 32 heavy (non-hydrogen) atoms. The van der Waals surface area contributed by atoms with Gasteiger partial charge in [0.15, 0.2) is 0 Å². The zero-order chi connectivity index (χ0) is 23.7. The summed E-state index contributed by atoms with van der Waals surface area (Å²) in [6, 6.07) is 14.1. The molecule has 0 aliphatic heterocycles. The highest BCUT2D eigenvalue weighted by atomic mass is 32.2. The van der Waals surface area contributed by atoms with Gasteiger partial charge in [0.25, 0.3) is 0 Å². The number of rotatable bonds is 11. The molecule has 0 aliphatic carbocycles. The number of nitrogens with zero attached hydrogens (tertiary/aromatic N) is 1. The Kier molecular flexibility index (Phi) is 9.41. The quantitative estimate of drug-likeness (QED) is 0.537. The smallest absolute Gasteiger partial charge is 0.243 e. The van der Waals surface area contributed by atoms with Gasteiger partial charge in [0.1, 0.15) is 0 Å². The summed E-state index contributed by atoms with van der Waals surface area (Å²) in [6.07, 6.45) is 0.813. The Labute approximate surface area is 191 Å². The molecule has 0 bridgehead atoms. The fraction of sp³-hybridized carbons (Fsp3) is 0.417. The molecule has 174 valence electrons. The van der Waals surface area contributed by atoms with Crippen LogP contribution in [0.2, 0.25) is 0 Å². The van der Waals surface area contributed by atoms with Crippen LogP contribution >= 0.6 is 0 Å². The highest BCUT2D eigenvalue weighted by Crippen LogP contribution is 2.17. The highest BCUT2D eigenvalue weighted by Gasteiger charge is 2.21. The van der Waals surface area contributed by atoms with E-state index in [1.54, 1.807) is 24.3 Å². The van der Waals surface area contributed by atoms with Crippen molar-refractivity contribution in [3.05, 3.63) is 59.7 Å². The molecule has 0 aliphatic rings. The first-order valence-corrected chi connectivity index (χ1v) is 12.4. The molecular formula is C24H33N3O4S. The fourth-order valence-electron chi connectivity index (χ4n) is 3.13. The molecule has 0 spiro atoms. The van der Waals surface area contributed by atoms with E-state index in [1.807, 2.05) is 52.0 Å². The summed E-state index contributed by atoms with van der Waals surface area (Å²) in [5.74, 6) is -0.256. The minimum absolute atomic E-state index is 0.0536. The topological polar surface area (TPSA) is 95.6 Å². The van der Waals surface area contributed by atoms with Gasteiger partial charge in [-0.3, -0.25) is 9.59 Å². The van der Waals surface area contributed by atoms with Gasteiger partial charge in [-0.1, -0.05) is 52.0 Å². The summed E-state index contributed by atoms with van der Waals surface area (Å²) in [6.45, 7) is 8.50. The van der Waals surface area contributed by atoms with Crippen LogP contribution in [0.3, 0.4) is 0 Å². The van der Waals surface area contributed by atoms with E-state index in [0.717, 1.165) is 11.1 Å². The maximum atomic E-state index is 12.5. The number of aryl methyl sites for hydroxylation is 1. The molecule has 2 rings (SSSR count). The van der Waals surface area contributed by atoms with Gasteiger partial charge >= 0.3 is 0 Å². The Morgan fingerprint density at radius 3 is 2.22 bits per heavy atom. The molecule has 2 amide bonds. The average Bonchev–Trinajstić information content (AvgIpc) is 2.77. The van der Waals surface area contributed by atoms with Crippen LogP contribution in [0.25, 0.3) is 0 Å². The number of benzene rings is 2. The Hall–Kier alpha value is -2.71. The summed E-state index contributed by atoms with van der Waals surface area (Å²) in [5.41, 5.74) is 2.50. The van der Waals surface area contributed by atoms with Crippen molar-refractivity contribution >= 4 is 27.5 Å². The van der Waals surface area contributed by atoms with E-state index in [0.29, 0.717) is 38.2 Å². The highest BCUT2D eigenvalue weighted by molar-refractivity contribution is 7.89. The summed E-state index contributed by atoms with van der Waals surface area (Å²) in [5, 5.41) is 5.73. The molecule has 7 nitrogen and oxygen atoms in total. The fourth-order valence-corrected chi connectivity index (χ4v) is 4.59. The van der Waals surface area contributed by atoms with Crippen LogP contribution in [0, 0.1) is 5.92 Å². The molecule has 0 fully saturated rings. The van der Waals surface area contributed by atoms with Crippen molar-refractivity contribution in [1.29, 1.82) is 0 Å². The van der Waals surface area contributed by atoms with E-state index in [9.17, 15) is 18.0 Å². The molecule has 0 saturated carbocycles. The second kappa shape index (κ2) is 11.8. The molecule has 0 saturated heterocycles. The van der Waals surface area contributed by atoms with Gasteiger partial charge in [0, 0.05) is 37.7 Å². The maximum Gasteiger partial charge on any atom is 0.243 e. The van der Waals surface area contributed by atoms with Gasteiger partial charge in [-0.05, 0) is 41.8 Å². The zero-order valence-electron chi connectivity index (χ0n) is 19.2. The molecule has 8 heteroatoms. The third-order valence-electron chi connectivity index (χ3n) is 5.12. The Morgan fingerprint density at radius 2 is 1.62 bits per heavy atom. The monoisotopic (exact) mass is 459 g/mol. The molecular weight excluding hydrogens is 426 g/mol. The predicted octanol–water partition coefficient (Wildman–Crippen LogP) is 3.56. The van der Waals surface area contributed by atoms with Crippen molar-refractivity contribution in [3.63, 3.8) is 0 Å². The van der Waals surface area contributed by atoms with Crippen molar-refractivity contribution in [2.24, 2.45) is 5.92 Å². The van der Waals surface area contributed by atoms with Crippen molar-refractivity contribution in [2.45, 2.75) is 52.0 Å². The Morgan fingerprint density at radius 1 is 0.969 bits per heavy atom. The SMILES string of the molecule is CCN(CC)S(=O)(=O)c1ccc(CCC(=O)NCc2cccc(NC(=O)C(C)C)c2)cc1. The minimum atomic E-state index is -3.48. The normalized spacial score (nSPS) is 11.6. The van der Waals surface area contributed by atoms with E-state index >= 15 is 0 Å². The molecule has 2 aromatic carbocycles. The lowest BCUT2D eigenvalue weighted by atomic mass is 10.1. The number of amides is 2. The van der Waals surface area contributed by atoms with E-state index in [4.69, 9.17) is 0 Å². The number of hydrogen-bond donors (Lipinski definition) is 2. The maximum absolute atomic E-state index is 12.5. The molecule has 2 aromatic rings. The van der Waals surface area contributed by atoms with E-state index < -0.39 is 10.0 Å². The molecule has 0 aromatic heterocycles. The Balaban J connectivity index is 1.87. The van der Waals surface area contributed by atoms with E-state index in [1.165, 1.54) is 4.31 Å². The first-order valence-electron chi connectivity index (χ1n) is 10.9. The molecule has 0 radical (unpaired) electrons. The lowest BCUT2D eigenvalue weighted by Crippen LogP contribution is -2.30. The van der Waals surface area contributed by atoms with Crippen molar-refractivity contribution in [3.8, 4) is 0 Å². The third-order valence-corrected chi connectivity index (χ3v) is 7.18. The second-order valence-electron chi connectivity index (χ2n) is 7.85. The van der Waals surface area contributed by atoms with Gasteiger partial charge in [-0.15, -0.1) is 0 Å². The number of carbonyl (C=O) groups is 2. The van der Waals surface area contributed by atoms with Crippen LogP contribution in [-0.4, -0.2) is 37.6 Å². The van der Waals surface area contributed by atoms with Crippen LogP contribution in [0.1, 0.15) is 45.2 Å². The van der Waals surface area contributed by atoms with Crippen molar-refractivity contribution < 1.29 is 18.0 Å². The number of sulfonamides is 1. The van der Waals surface area contributed by atoms with Gasteiger partial charge in [0.05, 0.1) is 4.90 Å². The van der Waals surface area contributed by atoms with Crippen LogP contribution < -0.4 is 10.6 Å². The zero-order valence-corrected chi connectivity index (χ0v) is 20.0. The van der Waals surface area contributed by atoms with E-state index in [2.05, 4.69) is 10.6 Å². The van der Waals surface area contributed by atoms with E-state index in [-0.39, 0.29) is 22.6 Å². The predicted molar refractivity (Wildman–Crippen MR) is 127 cm³/mol. The van der Waals surface area contributed by atoms with Gasteiger partial charge in [0.2, 0.25) is 21.8 Å². The molecule has 0 unspecified atom stereocenters. The van der Waals surface area contributed by atoms with Crippen molar-refractivity contribution in [2.75, 3.05) is 18.4 Å². The molecule has 0 atom stereocenters. The van der Waals surface area contributed by atoms with Crippen LogP contribution in [0.4, 0.5) is 5.69 Å². The van der Waals surface area contributed by atoms with Gasteiger partial charge < -0.3 is 10.6 Å². The summed E-state index contributed by atoms with van der Waals surface area (Å²) in [4.78, 5) is 24.3. The van der Waals surface area contributed by atoms with Crippen molar-refractivity contribution in [1.82, 2.24) is 9.62 Å². The Bertz CT molecular complexity index is 1010. The first-order chi connectivity index (χ1) is 15.2. The number of nitrogens with one attached hydrogen (secondary N) is 2. The summed E-state index contributed by atoms with van der Waals surface area (Å²) in [7, 11) is -3.48. The van der Waals surface area contributed by atoms with Crippen LogP contribution in [0.15, 0.2) is 53.4 Å². The van der Waals surface area contributed by atoms with Gasteiger partial charge in [-0.25, -0.2) is 8.42 Å². The largest absolute Gasteiger partial charge is 0.352 e. The minimum Gasteiger partial charge on any atom is -0.352 e. The van der Waals surface area contributed by atoms with Crippen LogP contribution in [-0.2, 0) is 32.6 Å². The standard InChI is InChI=1S/C24H33N3O4S/c1-5-27(6-2)32(30,31)22-13-10-19(11-14-22)12-15-23(28)25-17-20-8-7-9-21(16-20)26-24(29)18(3)4/h7-11,13-14,16,18H,5-6,12,15,17H2,1-4H3,(H,25,28)(H,26,29). The number of carbonyl (C=O) groups excluding carboxylic acids is 2. The summed E-state index contributed by atoms with van der Waals surface area (Å²) >= 11 is 0. The second-order valence-corrected chi connectivity index (χ2v) is 9.79. The van der Waals surface area contributed by atoms with Gasteiger partial charge in [-0.2, -0.15) is 4.31 Å². The molecule has 2 N–H and O–H groups in total. The third kappa shape index (κ3) is 7.17. The van der Waals surface area contributed by atoms with Crippen LogP contribution in [0.5, 0.6) is 0 Å². The number of hydrogen-bond acceptors (Lipinski definition) is 4. The first kappa shape index (κ1) is 25.5. The average molecular weight is 460 g/mol. The molecule has 0 heterocycles. The number of anilines is 1.